The number of aromatic nitrogens is 1. The molecule has 1 aromatic carbocycles. The monoisotopic (exact) mass is 355 g/mol. The summed E-state index contributed by atoms with van der Waals surface area (Å²) in [5, 5.41) is 2.53. The van der Waals surface area contributed by atoms with Gasteiger partial charge in [-0.2, -0.15) is 0 Å². The van der Waals surface area contributed by atoms with Crippen molar-refractivity contribution in [2.45, 2.75) is 13.5 Å². The molecule has 1 aromatic heterocycles. The number of halogens is 1. The zero-order chi connectivity index (χ0) is 18.0. The van der Waals surface area contributed by atoms with E-state index in [9.17, 15) is 14.4 Å². The number of carbonyl (C=O) groups excluding carboxylic acids is 3. The molecule has 1 aliphatic rings. The molecule has 25 heavy (non-hydrogen) atoms. The maximum atomic E-state index is 12.7. The molecule has 0 spiro atoms. The molecule has 3 rings (SSSR count). The fraction of sp³-hybridized carbons (Fsp3) is 0.111. The molecule has 126 valence electrons. The van der Waals surface area contributed by atoms with E-state index < -0.39 is 11.8 Å². The van der Waals surface area contributed by atoms with Gasteiger partial charge in [0.15, 0.2) is 0 Å². The first-order chi connectivity index (χ1) is 12.0. The lowest BCUT2D eigenvalue weighted by atomic mass is 10.1. The van der Waals surface area contributed by atoms with Crippen molar-refractivity contribution in [2.24, 2.45) is 0 Å². The summed E-state index contributed by atoms with van der Waals surface area (Å²) in [4.78, 5) is 41.2. The van der Waals surface area contributed by atoms with Crippen LogP contribution in [0.2, 0.25) is 0 Å². The fourth-order valence-electron chi connectivity index (χ4n) is 2.54. The summed E-state index contributed by atoms with van der Waals surface area (Å²) in [6.45, 7) is 1.51. The van der Waals surface area contributed by atoms with Gasteiger partial charge in [0.1, 0.15) is 5.03 Å². The van der Waals surface area contributed by atoms with E-state index in [4.69, 9.17) is 11.6 Å². The number of pyridine rings is 1. The Morgan fingerprint density at radius 2 is 1.88 bits per heavy atom. The minimum absolute atomic E-state index is 0.106. The number of anilines is 1. The number of nitrogens with zero attached hydrogens (tertiary/aromatic N) is 2. The lowest BCUT2D eigenvalue weighted by Gasteiger charge is -2.14. The number of nitrogens with one attached hydrogen (secondary N) is 1. The van der Waals surface area contributed by atoms with E-state index in [0.29, 0.717) is 11.3 Å². The van der Waals surface area contributed by atoms with Gasteiger partial charge in [-0.3, -0.25) is 24.3 Å². The maximum Gasteiger partial charge on any atom is 0.273 e. The third-order valence-corrected chi connectivity index (χ3v) is 4.02. The smallest absolute Gasteiger partial charge is 0.273 e. The highest BCUT2D eigenvalue weighted by Crippen LogP contribution is 2.33. The molecule has 0 bridgehead atoms. The first kappa shape index (κ1) is 16.9. The Labute approximate surface area is 149 Å². The molecule has 0 aliphatic carbocycles. The van der Waals surface area contributed by atoms with E-state index in [-0.39, 0.29) is 23.1 Å². The summed E-state index contributed by atoms with van der Waals surface area (Å²) in [6.07, 6.45) is 3.21. The highest BCUT2D eigenvalue weighted by Gasteiger charge is 2.38. The molecule has 1 N–H and O–H groups in total. The van der Waals surface area contributed by atoms with Crippen molar-refractivity contribution in [1.29, 1.82) is 0 Å². The van der Waals surface area contributed by atoms with Crippen LogP contribution in [-0.4, -0.2) is 27.6 Å². The number of hydrogen-bond acceptors (Lipinski definition) is 4. The van der Waals surface area contributed by atoms with Crippen LogP contribution in [0.5, 0.6) is 0 Å². The number of benzene rings is 1. The van der Waals surface area contributed by atoms with E-state index in [1.54, 1.807) is 48.8 Å². The van der Waals surface area contributed by atoms with Crippen molar-refractivity contribution in [3.05, 3.63) is 65.0 Å². The van der Waals surface area contributed by atoms with Crippen molar-refractivity contribution in [3.8, 4) is 0 Å². The number of imide groups is 1. The van der Waals surface area contributed by atoms with Crippen LogP contribution >= 0.6 is 11.6 Å². The predicted octanol–water partition coefficient (Wildman–Crippen LogP) is 2.56. The van der Waals surface area contributed by atoms with E-state index in [2.05, 4.69) is 10.3 Å². The topological polar surface area (TPSA) is 79.4 Å². The van der Waals surface area contributed by atoms with Gasteiger partial charge in [-0.15, -0.1) is 0 Å². The van der Waals surface area contributed by atoms with Crippen molar-refractivity contribution in [2.75, 3.05) is 5.32 Å². The van der Waals surface area contributed by atoms with Gasteiger partial charge in [-0.1, -0.05) is 29.8 Å². The standard InChI is InChI=1S/C18H14ClN3O3/c1-11(23)21-14-6-4-13(5-7-14)15-16(19)18(25)22(17(15)24)10-12-3-2-8-20-9-12/h2-9H,10H2,1H3,(H,21,23). The molecule has 6 nitrogen and oxygen atoms in total. The van der Waals surface area contributed by atoms with Gasteiger partial charge in [-0.05, 0) is 29.3 Å². The molecule has 2 heterocycles. The quantitative estimate of drug-likeness (QED) is 0.855. The van der Waals surface area contributed by atoms with E-state index >= 15 is 0 Å². The molecular weight excluding hydrogens is 342 g/mol. The summed E-state index contributed by atoms with van der Waals surface area (Å²) in [5.74, 6) is -1.18. The number of hydrogen-bond donors (Lipinski definition) is 1. The van der Waals surface area contributed by atoms with Gasteiger partial charge in [0.05, 0.1) is 12.1 Å². The van der Waals surface area contributed by atoms with Crippen molar-refractivity contribution >= 4 is 40.6 Å². The molecule has 0 unspecified atom stereocenters. The highest BCUT2D eigenvalue weighted by atomic mass is 35.5. The SMILES string of the molecule is CC(=O)Nc1ccc(C2=C(Cl)C(=O)N(Cc3cccnc3)C2=O)cc1. The third kappa shape index (κ3) is 3.44. The Balaban J connectivity index is 1.85. The molecule has 0 radical (unpaired) electrons. The van der Waals surface area contributed by atoms with Crippen LogP contribution in [-0.2, 0) is 20.9 Å². The van der Waals surface area contributed by atoms with E-state index in [1.165, 1.54) is 6.92 Å². The van der Waals surface area contributed by atoms with Gasteiger partial charge in [0, 0.05) is 25.0 Å². The van der Waals surface area contributed by atoms with Crippen LogP contribution in [0.3, 0.4) is 0 Å². The maximum absolute atomic E-state index is 12.7. The zero-order valence-corrected chi connectivity index (χ0v) is 14.1. The van der Waals surface area contributed by atoms with Crippen molar-refractivity contribution in [1.82, 2.24) is 9.88 Å². The van der Waals surface area contributed by atoms with Crippen molar-refractivity contribution in [3.63, 3.8) is 0 Å². The Bertz CT molecular complexity index is 876. The molecule has 7 heteroatoms. The van der Waals surface area contributed by atoms with Crippen molar-refractivity contribution < 1.29 is 14.4 Å². The van der Waals surface area contributed by atoms with Crippen LogP contribution < -0.4 is 5.32 Å². The second-order valence-corrected chi connectivity index (χ2v) is 5.88. The Hall–Kier alpha value is -2.99. The van der Waals surface area contributed by atoms with Crippen LogP contribution in [0.25, 0.3) is 5.57 Å². The van der Waals surface area contributed by atoms with Crippen LogP contribution in [0, 0.1) is 0 Å². The second kappa shape index (κ2) is 6.86. The molecule has 3 amide bonds. The lowest BCUT2D eigenvalue weighted by Crippen LogP contribution is -2.30. The zero-order valence-electron chi connectivity index (χ0n) is 13.3. The largest absolute Gasteiger partial charge is 0.326 e. The van der Waals surface area contributed by atoms with Gasteiger partial charge in [-0.25, -0.2) is 0 Å². The first-order valence-corrected chi connectivity index (χ1v) is 7.88. The Kier molecular flexibility index (Phi) is 4.63. The molecule has 0 fully saturated rings. The minimum atomic E-state index is -0.531. The Morgan fingerprint density at radius 1 is 1.16 bits per heavy atom. The van der Waals surface area contributed by atoms with Crippen LogP contribution in [0.4, 0.5) is 5.69 Å². The van der Waals surface area contributed by atoms with Gasteiger partial charge >= 0.3 is 0 Å². The second-order valence-electron chi connectivity index (χ2n) is 5.51. The molecule has 0 saturated carbocycles. The summed E-state index contributed by atoms with van der Waals surface area (Å²) in [6, 6.07) is 10.1. The minimum Gasteiger partial charge on any atom is -0.326 e. The first-order valence-electron chi connectivity index (χ1n) is 7.50. The molecule has 0 atom stereocenters. The number of carbonyl (C=O) groups is 3. The molecule has 1 aliphatic heterocycles. The summed E-state index contributed by atoms with van der Waals surface area (Å²) in [7, 11) is 0. The van der Waals surface area contributed by atoms with E-state index in [0.717, 1.165) is 10.5 Å². The highest BCUT2D eigenvalue weighted by molar-refractivity contribution is 6.55. The average Bonchev–Trinajstić information content (AvgIpc) is 2.80. The van der Waals surface area contributed by atoms with Crippen LogP contribution in [0.1, 0.15) is 18.1 Å². The van der Waals surface area contributed by atoms with Crippen LogP contribution in [0.15, 0.2) is 53.8 Å². The van der Waals surface area contributed by atoms with Gasteiger partial charge in [0.2, 0.25) is 5.91 Å². The lowest BCUT2D eigenvalue weighted by molar-refractivity contribution is -0.137. The Morgan fingerprint density at radius 3 is 2.48 bits per heavy atom. The van der Waals surface area contributed by atoms with Gasteiger partial charge in [0.25, 0.3) is 11.8 Å². The number of rotatable bonds is 4. The summed E-state index contributed by atoms with van der Waals surface area (Å²) < 4.78 is 0. The summed E-state index contributed by atoms with van der Waals surface area (Å²) >= 11 is 6.13. The average molecular weight is 356 g/mol. The normalized spacial score (nSPS) is 14.2. The van der Waals surface area contributed by atoms with Gasteiger partial charge < -0.3 is 5.32 Å². The van der Waals surface area contributed by atoms with E-state index in [1.807, 2.05) is 0 Å². The molecule has 0 saturated heterocycles. The number of amides is 3. The predicted molar refractivity (Wildman–Crippen MR) is 93.3 cm³/mol. The fourth-order valence-corrected chi connectivity index (χ4v) is 2.83. The molecule has 2 aromatic rings. The molecular formula is C18H14ClN3O3. The third-order valence-electron chi connectivity index (χ3n) is 3.67. The summed E-state index contributed by atoms with van der Waals surface area (Å²) in [5.41, 5.74) is 2.00.